The van der Waals surface area contributed by atoms with Crippen molar-refractivity contribution in [2.45, 2.75) is 37.1 Å². The molecule has 0 saturated carbocycles. The Morgan fingerprint density at radius 2 is 2.00 bits per heavy atom. The van der Waals surface area contributed by atoms with E-state index in [0.29, 0.717) is 6.54 Å². The van der Waals surface area contributed by atoms with E-state index in [1.165, 1.54) is 35.9 Å². The van der Waals surface area contributed by atoms with Crippen LogP contribution in [0, 0.1) is 5.82 Å². The predicted octanol–water partition coefficient (Wildman–Crippen LogP) is 1.88. The molecule has 1 N–H and O–H groups in total. The second-order valence-corrected chi connectivity index (χ2v) is 7.11. The Morgan fingerprint density at radius 3 is 2.82 bits per heavy atom. The van der Waals surface area contributed by atoms with Crippen molar-refractivity contribution in [3.8, 4) is 0 Å². The Bertz CT molecular complexity index is 771. The zero-order valence-electron chi connectivity index (χ0n) is 12.1. The van der Waals surface area contributed by atoms with Gasteiger partial charge >= 0.3 is 0 Å². The van der Waals surface area contributed by atoms with Crippen molar-refractivity contribution < 1.29 is 12.8 Å². The number of aryl methyl sites for hydroxylation is 1. The van der Waals surface area contributed by atoms with Gasteiger partial charge in [0, 0.05) is 12.2 Å². The molecule has 1 aromatic carbocycles. The Hall–Kier alpha value is -1.73. The SMILES string of the molecule is O=S(=O)(NCCn1ncc2c1CCCC2)c1ccccc1F. The number of nitrogens with one attached hydrogen (secondary N) is 1. The molecule has 0 fully saturated rings. The number of fused-ring (bicyclic) bond motifs is 1. The summed E-state index contributed by atoms with van der Waals surface area (Å²) in [6.45, 7) is 0.633. The van der Waals surface area contributed by atoms with Gasteiger partial charge in [0.25, 0.3) is 0 Å². The van der Waals surface area contributed by atoms with Crippen molar-refractivity contribution in [2.75, 3.05) is 6.54 Å². The van der Waals surface area contributed by atoms with Crippen LogP contribution in [0.2, 0.25) is 0 Å². The van der Waals surface area contributed by atoms with E-state index in [2.05, 4.69) is 9.82 Å². The normalized spacial score (nSPS) is 14.8. The summed E-state index contributed by atoms with van der Waals surface area (Å²) >= 11 is 0. The van der Waals surface area contributed by atoms with E-state index in [-0.39, 0.29) is 11.4 Å². The first-order valence-corrected chi connectivity index (χ1v) is 8.84. The van der Waals surface area contributed by atoms with Crippen LogP contribution in [0.4, 0.5) is 4.39 Å². The molecule has 5 nitrogen and oxygen atoms in total. The van der Waals surface area contributed by atoms with Gasteiger partial charge in [-0.05, 0) is 43.4 Å². The summed E-state index contributed by atoms with van der Waals surface area (Å²) < 4.78 is 42.0. The fourth-order valence-corrected chi connectivity index (χ4v) is 3.87. The maximum absolute atomic E-state index is 13.6. The lowest BCUT2D eigenvalue weighted by Gasteiger charge is -2.14. The summed E-state index contributed by atoms with van der Waals surface area (Å²) in [5.41, 5.74) is 2.44. The number of aromatic nitrogens is 2. The molecule has 3 rings (SSSR count). The van der Waals surface area contributed by atoms with Crippen LogP contribution in [0.25, 0.3) is 0 Å². The van der Waals surface area contributed by atoms with E-state index in [1.54, 1.807) is 0 Å². The third-order valence-corrected chi connectivity index (χ3v) is 5.38. The van der Waals surface area contributed by atoms with Crippen LogP contribution < -0.4 is 4.72 Å². The van der Waals surface area contributed by atoms with Crippen LogP contribution in [0.1, 0.15) is 24.1 Å². The summed E-state index contributed by atoms with van der Waals surface area (Å²) in [5, 5.41) is 4.32. The average Bonchev–Trinajstić information content (AvgIpc) is 2.91. The lowest BCUT2D eigenvalue weighted by molar-refractivity contribution is 0.531. The highest BCUT2D eigenvalue weighted by atomic mass is 32.2. The molecular formula is C15H18FN3O2S. The summed E-state index contributed by atoms with van der Waals surface area (Å²) in [6, 6.07) is 5.36. The molecule has 7 heteroatoms. The van der Waals surface area contributed by atoms with Crippen molar-refractivity contribution >= 4 is 10.0 Å². The minimum atomic E-state index is -3.83. The minimum absolute atomic E-state index is 0.185. The molecule has 118 valence electrons. The van der Waals surface area contributed by atoms with Gasteiger partial charge in [-0.15, -0.1) is 0 Å². The summed E-state index contributed by atoms with van der Waals surface area (Å²) in [5.74, 6) is -0.744. The van der Waals surface area contributed by atoms with Gasteiger partial charge in [0.1, 0.15) is 10.7 Å². The first kappa shape index (κ1) is 15.2. The largest absolute Gasteiger partial charge is 0.268 e. The topological polar surface area (TPSA) is 64.0 Å². The van der Waals surface area contributed by atoms with Crippen LogP contribution in [-0.4, -0.2) is 24.7 Å². The van der Waals surface area contributed by atoms with E-state index in [0.717, 1.165) is 25.3 Å². The first-order chi connectivity index (χ1) is 10.6. The van der Waals surface area contributed by atoms with Gasteiger partial charge < -0.3 is 0 Å². The van der Waals surface area contributed by atoms with E-state index in [1.807, 2.05) is 10.9 Å². The van der Waals surface area contributed by atoms with Gasteiger partial charge in [-0.3, -0.25) is 4.68 Å². The van der Waals surface area contributed by atoms with E-state index in [9.17, 15) is 12.8 Å². The maximum atomic E-state index is 13.6. The highest BCUT2D eigenvalue weighted by molar-refractivity contribution is 7.89. The molecule has 0 saturated heterocycles. The van der Waals surface area contributed by atoms with Gasteiger partial charge in [-0.2, -0.15) is 5.10 Å². The van der Waals surface area contributed by atoms with Crippen LogP contribution in [0.15, 0.2) is 35.4 Å². The maximum Gasteiger partial charge on any atom is 0.243 e. The number of halogens is 1. The average molecular weight is 323 g/mol. The molecule has 0 aliphatic heterocycles. The fourth-order valence-electron chi connectivity index (χ4n) is 2.77. The summed E-state index contributed by atoms with van der Waals surface area (Å²) in [4.78, 5) is -0.322. The highest BCUT2D eigenvalue weighted by Crippen LogP contribution is 2.20. The van der Waals surface area contributed by atoms with Crippen LogP contribution >= 0.6 is 0 Å². The van der Waals surface area contributed by atoms with E-state index in [4.69, 9.17) is 0 Å². The lowest BCUT2D eigenvalue weighted by Crippen LogP contribution is -2.29. The molecule has 0 bridgehead atoms. The molecule has 0 amide bonds. The van der Waals surface area contributed by atoms with Crippen molar-refractivity contribution in [3.63, 3.8) is 0 Å². The number of sulfonamides is 1. The molecule has 1 aliphatic rings. The Morgan fingerprint density at radius 1 is 1.23 bits per heavy atom. The Labute approximate surface area is 129 Å². The molecule has 1 heterocycles. The third-order valence-electron chi connectivity index (χ3n) is 3.89. The summed E-state index contributed by atoms with van der Waals surface area (Å²) in [7, 11) is -3.83. The lowest BCUT2D eigenvalue weighted by atomic mass is 9.98. The van der Waals surface area contributed by atoms with Crippen molar-refractivity contribution in [3.05, 3.63) is 47.5 Å². The third kappa shape index (κ3) is 3.05. The number of nitrogens with zero attached hydrogens (tertiary/aromatic N) is 2. The van der Waals surface area contributed by atoms with Crippen LogP contribution in [0.5, 0.6) is 0 Å². The van der Waals surface area contributed by atoms with Gasteiger partial charge in [0.05, 0.1) is 12.7 Å². The number of hydrogen-bond acceptors (Lipinski definition) is 3. The smallest absolute Gasteiger partial charge is 0.243 e. The minimum Gasteiger partial charge on any atom is -0.268 e. The van der Waals surface area contributed by atoms with Gasteiger partial charge in [-0.1, -0.05) is 12.1 Å². The van der Waals surface area contributed by atoms with Gasteiger partial charge in [0.15, 0.2) is 0 Å². The molecule has 2 aromatic rings. The molecule has 1 aliphatic carbocycles. The Kier molecular flexibility index (Phi) is 4.26. The second kappa shape index (κ2) is 6.18. The van der Waals surface area contributed by atoms with Crippen molar-refractivity contribution in [1.82, 2.24) is 14.5 Å². The van der Waals surface area contributed by atoms with Gasteiger partial charge in [0.2, 0.25) is 10.0 Å². The van der Waals surface area contributed by atoms with Crippen LogP contribution in [-0.2, 0) is 29.4 Å². The molecule has 22 heavy (non-hydrogen) atoms. The predicted molar refractivity (Wildman–Crippen MR) is 80.5 cm³/mol. The monoisotopic (exact) mass is 323 g/mol. The Balaban J connectivity index is 1.66. The number of benzene rings is 1. The molecule has 0 unspecified atom stereocenters. The number of hydrogen-bond donors (Lipinski definition) is 1. The molecular weight excluding hydrogens is 305 g/mol. The molecule has 1 aromatic heterocycles. The molecule has 0 atom stereocenters. The number of rotatable bonds is 5. The van der Waals surface area contributed by atoms with Gasteiger partial charge in [-0.25, -0.2) is 17.5 Å². The quantitative estimate of drug-likeness (QED) is 0.914. The molecule has 0 spiro atoms. The van der Waals surface area contributed by atoms with E-state index < -0.39 is 15.8 Å². The van der Waals surface area contributed by atoms with Crippen molar-refractivity contribution in [2.24, 2.45) is 0 Å². The standard InChI is InChI=1S/C15H18FN3O2S/c16-13-6-2-4-8-15(13)22(20,21)18-9-10-19-14-7-3-1-5-12(14)11-17-19/h2,4,6,8,11,18H,1,3,5,7,9-10H2. The summed E-state index contributed by atoms with van der Waals surface area (Å²) in [6.07, 6.45) is 6.20. The zero-order valence-corrected chi connectivity index (χ0v) is 12.9. The zero-order chi connectivity index (χ0) is 15.6. The first-order valence-electron chi connectivity index (χ1n) is 7.36. The fraction of sp³-hybridized carbons (Fsp3) is 0.400. The highest BCUT2D eigenvalue weighted by Gasteiger charge is 2.19. The van der Waals surface area contributed by atoms with E-state index >= 15 is 0 Å². The van der Waals surface area contributed by atoms with Crippen LogP contribution in [0.3, 0.4) is 0 Å². The second-order valence-electron chi connectivity index (χ2n) is 5.37. The van der Waals surface area contributed by atoms with Crippen molar-refractivity contribution in [1.29, 1.82) is 0 Å². The molecule has 0 radical (unpaired) electrons.